The van der Waals surface area contributed by atoms with Crippen molar-refractivity contribution in [3.8, 4) is 0 Å². The van der Waals surface area contributed by atoms with Crippen molar-refractivity contribution in [3.63, 3.8) is 0 Å². The van der Waals surface area contributed by atoms with Crippen LogP contribution in [-0.4, -0.2) is 65.8 Å². The number of carbonyl (C=O) groups is 1. The molecule has 0 unspecified atom stereocenters. The van der Waals surface area contributed by atoms with Gasteiger partial charge in [0.25, 0.3) is 0 Å². The van der Waals surface area contributed by atoms with E-state index in [0.717, 1.165) is 45.2 Å². The second kappa shape index (κ2) is 7.03. The lowest BCUT2D eigenvalue weighted by Gasteiger charge is -2.37. The van der Waals surface area contributed by atoms with Gasteiger partial charge in [-0.2, -0.15) is 0 Å². The predicted molar refractivity (Wildman–Crippen MR) is 79.6 cm³/mol. The molecule has 2 aliphatic heterocycles. The molecule has 2 fully saturated rings. The Hall–Kier alpha value is 0.0900. The molecular formula is C12H23N3OS2. The third-order valence-corrected chi connectivity index (χ3v) is 5.31. The maximum atomic E-state index is 11.3. The Bertz CT molecular complexity index is 274. The van der Waals surface area contributed by atoms with E-state index in [1.165, 1.54) is 19.4 Å². The van der Waals surface area contributed by atoms with Crippen LogP contribution in [0.2, 0.25) is 0 Å². The minimum atomic E-state index is 0.230. The van der Waals surface area contributed by atoms with Gasteiger partial charge in [0.15, 0.2) is 0 Å². The van der Waals surface area contributed by atoms with Crippen LogP contribution in [0.4, 0.5) is 0 Å². The van der Waals surface area contributed by atoms with E-state index in [9.17, 15) is 4.79 Å². The lowest BCUT2D eigenvalue weighted by Crippen LogP contribution is -2.46. The van der Waals surface area contributed by atoms with Gasteiger partial charge >= 0.3 is 0 Å². The third-order valence-electron chi connectivity index (χ3n) is 4.02. The zero-order valence-corrected chi connectivity index (χ0v) is 12.8. The molecule has 0 aromatic heterocycles. The van der Waals surface area contributed by atoms with E-state index in [0.29, 0.717) is 0 Å². The Balaban J connectivity index is 1.67. The second-order valence-electron chi connectivity index (χ2n) is 5.26. The molecule has 0 saturated carbocycles. The summed E-state index contributed by atoms with van der Waals surface area (Å²) in [7, 11) is 1.55. The van der Waals surface area contributed by atoms with Crippen LogP contribution in [0, 0.1) is 5.92 Å². The zero-order valence-electron chi connectivity index (χ0n) is 11.0. The summed E-state index contributed by atoms with van der Waals surface area (Å²) < 4.78 is 2.30. The number of amides is 1. The molecule has 0 bridgehead atoms. The van der Waals surface area contributed by atoms with Crippen LogP contribution in [0.1, 0.15) is 19.8 Å². The number of nitrogens with zero attached hydrogens (tertiary/aromatic N) is 3. The van der Waals surface area contributed by atoms with Gasteiger partial charge in [-0.25, -0.2) is 4.31 Å². The first kappa shape index (κ1) is 14.5. The molecule has 6 heteroatoms. The fourth-order valence-corrected chi connectivity index (χ4v) is 3.61. The summed E-state index contributed by atoms with van der Waals surface area (Å²) >= 11 is 4.24. The molecular weight excluding hydrogens is 266 g/mol. The highest BCUT2D eigenvalue weighted by Gasteiger charge is 2.24. The lowest BCUT2D eigenvalue weighted by atomic mass is 9.96. The molecule has 1 amide bonds. The molecule has 0 aromatic carbocycles. The number of hydrogen-bond donors (Lipinski definition) is 1. The number of rotatable bonds is 3. The quantitative estimate of drug-likeness (QED) is 0.482. The molecule has 0 radical (unpaired) electrons. The second-order valence-corrected chi connectivity index (χ2v) is 6.43. The average molecular weight is 289 g/mol. The highest BCUT2D eigenvalue weighted by Crippen LogP contribution is 2.21. The highest BCUT2D eigenvalue weighted by atomic mass is 33.1. The Morgan fingerprint density at radius 1 is 1.17 bits per heavy atom. The van der Waals surface area contributed by atoms with Crippen molar-refractivity contribution in [1.82, 2.24) is 14.1 Å². The number of piperidine rings is 1. The highest BCUT2D eigenvalue weighted by molar-refractivity contribution is 8.67. The molecule has 104 valence electrons. The van der Waals surface area contributed by atoms with Crippen LogP contribution in [-0.2, 0) is 4.79 Å². The van der Waals surface area contributed by atoms with Gasteiger partial charge in [0, 0.05) is 52.7 Å². The first-order chi connectivity index (χ1) is 8.69. The third kappa shape index (κ3) is 4.05. The molecule has 2 heterocycles. The van der Waals surface area contributed by atoms with Gasteiger partial charge in [-0.1, -0.05) is 11.7 Å². The summed E-state index contributed by atoms with van der Waals surface area (Å²) in [5.41, 5.74) is 0. The van der Waals surface area contributed by atoms with E-state index in [2.05, 4.69) is 20.9 Å². The number of piperazine rings is 1. The molecule has 0 N–H and O–H groups in total. The minimum Gasteiger partial charge on any atom is -0.343 e. The molecule has 18 heavy (non-hydrogen) atoms. The van der Waals surface area contributed by atoms with Crippen LogP contribution in [0.5, 0.6) is 0 Å². The summed E-state index contributed by atoms with van der Waals surface area (Å²) in [4.78, 5) is 15.8. The van der Waals surface area contributed by atoms with Crippen LogP contribution in [0.15, 0.2) is 0 Å². The van der Waals surface area contributed by atoms with Gasteiger partial charge < -0.3 is 9.80 Å². The van der Waals surface area contributed by atoms with Crippen molar-refractivity contribution in [2.24, 2.45) is 5.92 Å². The normalized spacial score (nSPS) is 24.4. The van der Waals surface area contributed by atoms with Crippen molar-refractivity contribution >= 4 is 28.5 Å². The SMILES string of the molecule is CC(=O)N1CCC(CN2CCN(SS)CC2)CC1. The predicted octanol–water partition coefficient (Wildman–Crippen LogP) is 1.36. The van der Waals surface area contributed by atoms with E-state index >= 15 is 0 Å². The molecule has 2 aliphatic rings. The van der Waals surface area contributed by atoms with Crippen molar-refractivity contribution in [1.29, 1.82) is 0 Å². The van der Waals surface area contributed by atoms with Crippen molar-refractivity contribution < 1.29 is 4.79 Å². The molecule has 0 atom stereocenters. The van der Waals surface area contributed by atoms with E-state index in [-0.39, 0.29) is 5.91 Å². The molecule has 0 spiro atoms. The van der Waals surface area contributed by atoms with Gasteiger partial charge in [-0.15, -0.1) is 0 Å². The molecule has 0 aliphatic carbocycles. The first-order valence-electron chi connectivity index (χ1n) is 6.73. The topological polar surface area (TPSA) is 26.8 Å². The monoisotopic (exact) mass is 289 g/mol. The van der Waals surface area contributed by atoms with Crippen LogP contribution in [0.3, 0.4) is 0 Å². The van der Waals surface area contributed by atoms with Crippen LogP contribution < -0.4 is 0 Å². The molecule has 2 saturated heterocycles. The van der Waals surface area contributed by atoms with Crippen LogP contribution >= 0.6 is 22.6 Å². The fraction of sp³-hybridized carbons (Fsp3) is 0.917. The molecule has 0 aromatic rings. The smallest absolute Gasteiger partial charge is 0.219 e. The Morgan fingerprint density at radius 2 is 1.78 bits per heavy atom. The van der Waals surface area contributed by atoms with Gasteiger partial charge in [-0.05, 0) is 29.7 Å². The van der Waals surface area contributed by atoms with Gasteiger partial charge in [0.2, 0.25) is 5.91 Å². The standard InChI is InChI=1S/C12H23N3OS2/c1-11(16)14-4-2-12(3-5-14)10-13-6-8-15(18-17)9-7-13/h12,17H,2-10H2,1H3. The zero-order chi connectivity index (χ0) is 13.0. The molecule has 2 rings (SSSR count). The summed E-state index contributed by atoms with van der Waals surface area (Å²) in [6.45, 7) is 9.31. The summed E-state index contributed by atoms with van der Waals surface area (Å²) in [5.74, 6) is 1.00. The van der Waals surface area contributed by atoms with E-state index in [1.54, 1.807) is 17.9 Å². The number of thiol groups is 1. The summed E-state index contributed by atoms with van der Waals surface area (Å²) in [6.07, 6.45) is 2.34. The fourth-order valence-electron chi connectivity index (χ4n) is 2.79. The van der Waals surface area contributed by atoms with E-state index in [1.807, 2.05) is 4.90 Å². The Morgan fingerprint density at radius 3 is 2.28 bits per heavy atom. The summed E-state index contributed by atoms with van der Waals surface area (Å²) in [5, 5.41) is 0. The first-order valence-corrected chi connectivity index (χ1v) is 8.56. The largest absolute Gasteiger partial charge is 0.343 e. The average Bonchev–Trinajstić information content (AvgIpc) is 2.40. The van der Waals surface area contributed by atoms with Crippen molar-refractivity contribution in [2.75, 3.05) is 45.8 Å². The number of likely N-dealkylation sites (tertiary alicyclic amines) is 1. The van der Waals surface area contributed by atoms with E-state index in [4.69, 9.17) is 0 Å². The van der Waals surface area contributed by atoms with Gasteiger partial charge in [-0.3, -0.25) is 4.79 Å². The summed E-state index contributed by atoms with van der Waals surface area (Å²) in [6, 6.07) is 0. The van der Waals surface area contributed by atoms with Crippen molar-refractivity contribution in [2.45, 2.75) is 19.8 Å². The lowest BCUT2D eigenvalue weighted by molar-refractivity contribution is -0.130. The minimum absolute atomic E-state index is 0.230. The number of hydrogen-bond acceptors (Lipinski definition) is 5. The maximum Gasteiger partial charge on any atom is 0.219 e. The van der Waals surface area contributed by atoms with Gasteiger partial charge in [0.1, 0.15) is 0 Å². The van der Waals surface area contributed by atoms with E-state index < -0.39 is 0 Å². The van der Waals surface area contributed by atoms with Crippen molar-refractivity contribution in [3.05, 3.63) is 0 Å². The Kier molecular flexibility index (Phi) is 5.66. The Labute approximate surface area is 119 Å². The van der Waals surface area contributed by atoms with Crippen LogP contribution in [0.25, 0.3) is 0 Å². The maximum absolute atomic E-state index is 11.3. The van der Waals surface area contributed by atoms with Gasteiger partial charge in [0.05, 0.1) is 0 Å². The number of carbonyl (C=O) groups excluding carboxylic acids is 1. The molecule has 4 nitrogen and oxygen atoms in total.